The van der Waals surface area contributed by atoms with Crippen LogP contribution in [0.15, 0.2) is 18.2 Å². The lowest BCUT2D eigenvalue weighted by atomic mass is 9.96. The Morgan fingerprint density at radius 3 is 1.71 bits per heavy atom. The van der Waals surface area contributed by atoms with E-state index < -0.39 is 40.2 Å². The van der Waals surface area contributed by atoms with E-state index in [1.165, 1.54) is 0 Å². The van der Waals surface area contributed by atoms with Crippen LogP contribution in [0.4, 0.5) is 45.2 Å². The van der Waals surface area contributed by atoms with Crippen LogP contribution in [0.3, 0.4) is 0 Å². The van der Waals surface area contributed by atoms with Crippen molar-refractivity contribution in [3.63, 3.8) is 0 Å². The molecule has 0 aliphatic heterocycles. The second-order valence-corrected chi connectivity index (χ2v) is 4.37. The lowest BCUT2D eigenvalue weighted by Gasteiger charge is -2.34. The van der Waals surface area contributed by atoms with Crippen LogP contribution in [-0.2, 0) is 5.92 Å². The third-order valence-corrected chi connectivity index (χ3v) is 2.80. The minimum Gasteiger partial charge on any atom is -0.399 e. The molecule has 21 heavy (non-hydrogen) atoms. The zero-order chi connectivity index (χ0) is 16.9. The molecule has 1 aromatic rings. The number of halogens is 10. The highest BCUT2D eigenvalue weighted by atomic mass is 35.5. The van der Waals surface area contributed by atoms with Crippen LogP contribution in [-0.4, -0.2) is 18.0 Å². The first-order valence-electron chi connectivity index (χ1n) is 4.92. The zero-order valence-electron chi connectivity index (χ0n) is 9.59. The summed E-state index contributed by atoms with van der Waals surface area (Å²) in [6, 6.07) is 1.55. The predicted octanol–water partition coefficient (Wildman–Crippen LogP) is 4.85. The van der Waals surface area contributed by atoms with E-state index in [0.717, 1.165) is 6.07 Å². The lowest BCUT2D eigenvalue weighted by Crippen LogP contribution is -2.59. The minimum atomic E-state index is -6.97. The number of nitrogens with two attached hydrogens (primary N) is 1. The Bertz CT molecular complexity index is 538. The second-order valence-electron chi connectivity index (χ2n) is 3.96. The molecule has 0 fully saturated rings. The standard InChI is InChI=1S/C10H5ClF9N/c11-6-2-1-4(21)3-5(6)7(12,13)8(14,15)9(16,17)10(18,19)20/h1-3H,21H2. The molecule has 0 aromatic heterocycles. The molecule has 0 saturated heterocycles. The van der Waals surface area contributed by atoms with Crippen LogP contribution < -0.4 is 5.73 Å². The molecule has 0 atom stereocenters. The summed E-state index contributed by atoms with van der Waals surface area (Å²) >= 11 is 5.16. The highest BCUT2D eigenvalue weighted by molar-refractivity contribution is 6.31. The fourth-order valence-electron chi connectivity index (χ4n) is 1.33. The van der Waals surface area contributed by atoms with Gasteiger partial charge in [-0.25, -0.2) is 0 Å². The Morgan fingerprint density at radius 2 is 1.29 bits per heavy atom. The van der Waals surface area contributed by atoms with E-state index in [9.17, 15) is 39.5 Å². The Labute approximate surface area is 116 Å². The van der Waals surface area contributed by atoms with E-state index in [4.69, 9.17) is 17.3 Å². The van der Waals surface area contributed by atoms with Crippen molar-refractivity contribution >= 4 is 17.3 Å². The van der Waals surface area contributed by atoms with Crippen LogP contribution >= 0.6 is 11.6 Å². The van der Waals surface area contributed by atoms with E-state index in [-0.39, 0.29) is 6.07 Å². The van der Waals surface area contributed by atoms with Crippen molar-refractivity contribution in [3.8, 4) is 0 Å². The molecule has 120 valence electrons. The molecule has 0 amide bonds. The van der Waals surface area contributed by atoms with Gasteiger partial charge in [-0.3, -0.25) is 0 Å². The molecule has 0 aliphatic rings. The molecule has 1 rings (SSSR count). The summed E-state index contributed by atoms with van der Waals surface area (Å²) in [6.07, 6.45) is -6.88. The normalized spacial score (nSPS) is 14.4. The molecule has 1 aromatic carbocycles. The van der Waals surface area contributed by atoms with Crippen molar-refractivity contribution in [2.24, 2.45) is 0 Å². The maximum atomic E-state index is 13.5. The molecule has 0 saturated carbocycles. The molecule has 11 heteroatoms. The maximum absolute atomic E-state index is 13.5. The molecule has 0 unspecified atom stereocenters. The van der Waals surface area contributed by atoms with Crippen molar-refractivity contribution in [1.82, 2.24) is 0 Å². The molecular weight excluding hydrogens is 341 g/mol. The monoisotopic (exact) mass is 345 g/mol. The van der Waals surface area contributed by atoms with Crippen LogP contribution in [0.2, 0.25) is 5.02 Å². The molecule has 0 aliphatic carbocycles. The molecule has 2 N–H and O–H groups in total. The van der Waals surface area contributed by atoms with E-state index in [0.29, 0.717) is 6.07 Å². The van der Waals surface area contributed by atoms with Crippen molar-refractivity contribution in [2.45, 2.75) is 23.9 Å². The van der Waals surface area contributed by atoms with Gasteiger partial charge in [0, 0.05) is 11.3 Å². The number of anilines is 1. The molecule has 1 nitrogen and oxygen atoms in total. The quantitative estimate of drug-likeness (QED) is 0.615. The first kappa shape index (κ1) is 17.7. The van der Waals surface area contributed by atoms with Crippen molar-refractivity contribution in [2.75, 3.05) is 5.73 Å². The van der Waals surface area contributed by atoms with Gasteiger partial charge in [0.2, 0.25) is 0 Å². The zero-order valence-corrected chi connectivity index (χ0v) is 10.3. The molecule has 0 radical (unpaired) electrons. The van der Waals surface area contributed by atoms with Crippen molar-refractivity contribution < 1.29 is 39.5 Å². The Kier molecular flexibility index (Phi) is 4.10. The minimum absolute atomic E-state index is 0.0999. The Balaban J connectivity index is 3.51. The molecular formula is C10H5ClF9N. The topological polar surface area (TPSA) is 26.0 Å². The Morgan fingerprint density at radius 1 is 0.810 bits per heavy atom. The summed E-state index contributed by atoms with van der Waals surface area (Å²) in [6.45, 7) is 0. The summed E-state index contributed by atoms with van der Waals surface area (Å²) in [7, 11) is 0. The molecule has 0 spiro atoms. The number of alkyl halides is 9. The van der Waals surface area contributed by atoms with Crippen LogP contribution in [0.25, 0.3) is 0 Å². The molecule has 0 bridgehead atoms. The summed E-state index contributed by atoms with van der Waals surface area (Å²) in [5, 5.41) is -1.13. The van der Waals surface area contributed by atoms with Gasteiger partial charge in [-0.15, -0.1) is 0 Å². The third kappa shape index (κ3) is 2.60. The third-order valence-electron chi connectivity index (χ3n) is 2.47. The second kappa shape index (κ2) is 4.85. The number of benzene rings is 1. The number of hydrogen-bond donors (Lipinski definition) is 1. The van der Waals surface area contributed by atoms with E-state index in [1.807, 2.05) is 0 Å². The molecule has 0 heterocycles. The predicted molar refractivity (Wildman–Crippen MR) is 55.7 cm³/mol. The van der Waals surface area contributed by atoms with Crippen LogP contribution in [0, 0.1) is 0 Å². The summed E-state index contributed by atoms with van der Waals surface area (Å²) in [4.78, 5) is 0. The van der Waals surface area contributed by atoms with Crippen molar-refractivity contribution in [3.05, 3.63) is 28.8 Å². The maximum Gasteiger partial charge on any atom is 0.460 e. The smallest absolute Gasteiger partial charge is 0.399 e. The van der Waals surface area contributed by atoms with Gasteiger partial charge >= 0.3 is 23.9 Å². The summed E-state index contributed by atoms with van der Waals surface area (Å²) < 4.78 is 115. The highest BCUT2D eigenvalue weighted by Crippen LogP contribution is 2.57. The van der Waals surface area contributed by atoms with Gasteiger partial charge in [0.15, 0.2) is 0 Å². The van der Waals surface area contributed by atoms with Gasteiger partial charge in [-0.2, -0.15) is 39.5 Å². The summed E-state index contributed by atoms with van der Waals surface area (Å²) in [5.74, 6) is -19.6. The van der Waals surface area contributed by atoms with E-state index >= 15 is 0 Å². The fraction of sp³-hybridized carbons (Fsp3) is 0.400. The van der Waals surface area contributed by atoms with E-state index in [1.54, 1.807) is 0 Å². The van der Waals surface area contributed by atoms with Gasteiger partial charge in [-0.1, -0.05) is 11.6 Å². The van der Waals surface area contributed by atoms with Crippen LogP contribution in [0.1, 0.15) is 5.56 Å². The van der Waals surface area contributed by atoms with Crippen LogP contribution in [0.5, 0.6) is 0 Å². The lowest BCUT2D eigenvalue weighted by molar-refractivity contribution is -0.399. The average molecular weight is 346 g/mol. The number of rotatable bonds is 3. The fourth-order valence-corrected chi connectivity index (χ4v) is 1.56. The summed E-state index contributed by atoms with van der Waals surface area (Å²) in [5.41, 5.74) is 2.51. The van der Waals surface area contributed by atoms with Gasteiger partial charge in [0.1, 0.15) is 0 Å². The highest BCUT2D eigenvalue weighted by Gasteiger charge is 2.82. The largest absolute Gasteiger partial charge is 0.460 e. The van der Waals surface area contributed by atoms with Gasteiger partial charge in [0.25, 0.3) is 0 Å². The number of nitrogen functional groups attached to an aromatic ring is 1. The first-order valence-corrected chi connectivity index (χ1v) is 5.29. The van der Waals surface area contributed by atoms with E-state index in [2.05, 4.69) is 0 Å². The van der Waals surface area contributed by atoms with Gasteiger partial charge in [-0.05, 0) is 18.2 Å². The average Bonchev–Trinajstić information content (AvgIpc) is 2.30. The van der Waals surface area contributed by atoms with Crippen molar-refractivity contribution in [1.29, 1.82) is 0 Å². The van der Waals surface area contributed by atoms with Gasteiger partial charge < -0.3 is 5.73 Å². The van der Waals surface area contributed by atoms with Gasteiger partial charge in [0.05, 0.1) is 5.02 Å². The Hall–Kier alpha value is -1.32. The number of hydrogen-bond acceptors (Lipinski definition) is 1. The first-order chi connectivity index (χ1) is 9.16. The SMILES string of the molecule is Nc1ccc(Cl)c(C(F)(F)C(F)(F)C(F)(F)C(F)(F)F)c1.